The topological polar surface area (TPSA) is 100 Å². The Balaban J connectivity index is 1.95. The van der Waals surface area contributed by atoms with Crippen molar-refractivity contribution in [3.8, 4) is 0 Å². The Bertz CT molecular complexity index is 769. The first kappa shape index (κ1) is 21.3. The van der Waals surface area contributed by atoms with E-state index in [0.717, 1.165) is 18.0 Å². The van der Waals surface area contributed by atoms with Gasteiger partial charge in [0.1, 0.15) is 0 Å². The van der Waals surface area contributed by atoms with Gasteiger partial charge in [0.05, 0.1) is 31.1 Å². The van der Waals surface area contributed by atoms with E-state index in [2.05, 4.69) is 10.0 Å². The van der Waals surface area contributed by atoms with Crippen molar-refractivity contribution < 1.29 is 22.9 Å². The van der Waals surface area contributed by atoms with Crippen molar-refractivity contribution in [2.24, 2.45) is 0 Å². The van der Waals surface area contributed by atoms with Crippen LogP contribution in [0.3, 0.4) is 0 Å². The lowest BCUT2D eigenvalue weighted by Crippen LogP contribution is -3.19. The smallest absolute Gasteiger partial charge is 0.282 e. The Hall–Kier alpha value is -1.97. The molecule has 0 unspecified atom stereocenters. The van der Waals surface area contributed by atoms with Crippen LogP contribution < -0.4 is 14.9 Å². The molecule has 0 aliphatic carbocycles. The van der Waals surface area contributed by atoms with Gasteiger partial charge in [0.25, 0.3) is 5.91 Å². The molecule has 1 aromatic carbocycles. The monoisotopic (exact) mass is 397 g/mol. The van der Waals surface area contributed by atoms with Gasteiger partial charge in [-0.3, -0.25) is 9.59 Å². The van der Waals surface area contributed by atoms with Crippen molar-refractivity contribution in [2.75, 3.05) is 31.5 Å². The van der Waals surface area contributed by atoms with Gasteiger partial charge >= 0.3 is 0 Å². The number of carbonyl (C=O) groups excluding carboxylic acids is 2. The van der Waals surface area contributed by atoms with Gasteiger partial charge in [-0.2, -0.15) is 0 Å². The number of amides is 2. The van der Waals surface area contributed by atoms with E-state index in [1.54, 1.807) is 37.8 Å². The quantitative estimate of drug-likeness (QED) is 0.600. The second-order valence-corrected chi connectivity index (χ2v) is 8.89. The molecule has 0 saturated carbocycles. The number of hydrogen-bond donors (Lipinski definition) is 3. The minimum atomic E-state index is -3.55. The van der Waals surface area contributed by atoms with Crippen molar-refractivity contribution in [3.05, 3.63) is 24.3 Å². The van der Waals surface area contributed by atoms with Crippen LogP contribution in [0, 0.1) is 0 Å². The summed E-state index contributed by atoms with van der Waals surface area (Å²) >= 11 is 0. The minimum absolute atomic E-state index is 0.0631. The summed E-state index contributed by atoms with van der Waals surface area (Å²) in [5.41, 5.74) is 0.553. The molecule has 2 amide bonds. The van der Waals surface area contributed by atoms with Crippen molar-refractivity contribution in [2.45, 2.75) is 44.7 Å². The molecule has 0 radical (unpaired) electrons. The van der Waals surface area contributed by atoms with E-state index in [1.807, 2.05) is 6.92 Å². The summed E-state index contributed by atoms with van der Waals surface area (Å²) < 4.78 is 26.8. The number of sulfonamides is 1. The molecule has 1 heterocycles. The summed E-state index contributed by atoms with van der Waals surface area (Å²) in [6, 6.07) is 5.67. The normalized spacial score (nSPS) is 17.0. The van der Waals surface area contributed by atoms with Crippen LogP contribution in [0.1, 0.15) is 27.7 Å². The predicted octanol–water partition coefficient (Wildman–Crippen LogP) is -0.553. The molecule has 9 heteroatoms. The highest BCUT2D eigenvalue weighted by atomic mass is 32.2. The minimum Gasteiger partial charge on any atom is -0.332 e. The van der Waals surface area contributed by atoms with E-state index in [4.69, 9.17) is 0 Å². The molecule has 3 N–H and O–H groups in total. The van der Waals surface area contributed by atoms with Crippen molar-refractivity contribution in [1.82, 2.24) is 9.62 Å². The molecule has 1 saturated heterocycles. The van der Waals surface area contributed by atoms with Crippen LogP contribution in [0.4, 0.5) is 5.69 Å². The number of piperazine rings is 1. The largest absolute Gasteiger partial charge is 0.332 e. The highest BCUT2D eigenvalue weighted by molar-refractivity contribution is 7.89. The Morgan fingerprint density at radius 2 is 1.63 bits per heavy atom. The van der Waals surface area contributed by atoms with Gasteiger partial charge in [0, 0.05) is 18.7 Å². The summed E-state index contributed by atoms with van der Waals surface area (Å²) in [6.45, 7) is 9.69. The van der Waals surface area contributed by atoms with E-state index in [0.29, 0.717) is 18.8 Å². The average molecular weight is 398 g/mol. The molecular weight excluding hydrogens is 368 g/mol. The van der Waals surface area contributed by atoms with Crippen LogP contribution in [0.15, 0.2) is 29.2 Å². The Morgan fingerprint density at radius 3 is 2.11 bits per heavy atom. The highest BCUT2D eigenvalue weighted by Crippen LogP contribution is 2.14. The first-order chi connectivity index (χ1) is 12.6. The summed E-state index contributed by atoms with van der Waals surface area (Å²) in [5, 5.41) is 2.84. The number of benzene rings is 1. The van der Waals surface area contributed by atoms with Gasteiger partial charge in [0.15, 0.2) is 6.04 Å². The molecule has 8 nitrogen and oxygen atoms in total. The number of quaternary nitrogens is 1. The van der Waals surface area contributed by atoms with Crippen LogP contribution in [0.5, 0.6) is 0 Å². The summed E-state index contributed by atoms with van der Waals surface area (Å²) in [6.07, 6.45) is 0. The Kier molecular flexibility index (Phi) is 6.96. The van der Waals surface area contributed by atoms with E-state index < -0.39 is 10.0 Å². The molecule has 1 aliphatic rings. The van der Waals surface area contributed by atoms with E-state index >= 15 is 0 Å². The van der Waals surface area contributed by atoms with Gasteiger partial charge < -0.3 is 15.1 Å². The number of anilines is 1. The zero-order chi connectivity index (χ0) is 20.2. The maximum Gasteiger partial charge on any atom is 0.282 e. The Morgan fingerprint density at radius 1 is 1.07 bits per heavy atom. The second-order valence-electron chi connectivity index (χ2n) is 7.18. The van der Waals surface area contributed by atoms with Gasteiger partial charge in [0.2, 0.25) is 15.9 Å². The first-order valence-corrected chi connectivity index (χ1v) is 10.6. The molecule has 0 aromatic heterocycles. The van der Waals surface area contributed by atoms with Gasteiger partial charge in [-0.25, -0.2) is 13.1 Å². The molecule has 2 rings (SSSR count). The number of nitrogens with one attached hydrogen (secondary N) is 3. The lowest BCUT2D eigenvalue weighted by atomic mass is 10.2. The van der Waals surface area contributed by atoms with Gasteiger partial charge in [-0.15, -0.1) is 0 Å². The first-order valence-electron chi connectivity index (χ1n) is 9.13. The van der Waals surface area contributed by atoms with Crippen LogP contribution in [-0.2, 0) is 19.6 Å². The summed E-state index contributed by atoms with van der Waals surface area (Å²) in [5.74, 6) is -0.0645. The van der Waals surface area contributed by atoms with Crippen LogP contribution in [0.2, 0.25) is 0 Å². The number of hydrogen-bond acceptors (Lipinski definition) is 4. The number of nitrogens with zero attached hydrogens (tertiary/aromatic N) is 1. The third kappa shape index (κ3) is 5.75. The molecular formula is C18H29N4O4S+. The lowest BCUT2D eigenvalue weighted by molar-refractivity contribution is -0.917. The summed E-state index contributed by atoms with van der Waals surface area (Å²) in [4.78, 5) is 27.0. The Labute approximate surface area is 161 Å². The molecule has 150 valence electrons. The van der Waals surface area contributed by atoms with Crippen molar-refractivity contribution >= 4 is 27.5 Å². The van der Waals surface area contributed by atoms with Crippen LogP contribution >= 0.6 is 0 Å². The van der Waals surface area contributed by atoms with E-state index in [9.17, 15) is 18.0 Å². The average Bonchev–Trinajstić information content (AvgIpc) is 2.60. The zero-order valence-electron chi connectivity index (χ0n) is 16.3. The fourth-order valence-electron chi connectivity index (χ4n) is 3.07. The molecule has 1 atom stereocenters. The lowest BCUT2D eigenvalue weighted by Gasteiger charge is -2.34. The van der Waals surface area contributed by atoms with Crippen LogP contribution in [0.25, 0.3) is 0 Å². The fourth-order valence-corrected chi connectivity index (χ4v) is 4.32. The van der Waals surface area contributed by atoms with Crippen LogP contribution in [-0.4, -0.2) is 63.4 Å². The third-order valence-corrected chi connectivity index (χ3v) is 6.35. The maximum absolute atomic E-state index is 12.5. The molecule has 0 bridgehead atoms. The number of carbonyl (C=O) groups is 2. The van der Waals surface area contributed by atoms with Gasteiger partial charge in [-0.05, 0) is 45.0 Å². The van der Waals surface area contributed by atoms with E-state index in [1.165, 1.54) is 12.1 Å². The highest BCUT2D eigenvalue weighted by Gasteiger charge is 2.30. The van der Waals surface area contributed by atoms with Crippen molar-refractivity contribution in [3.63, 3.8) is 0 Å². The van der Waals surface area contributed by atoms with Crippen molar-refractivity contribution in [1.29, 1.82) is 0 Å². The molecule has 0 spiro atoms. The molecule has 1 fully saturated rings. The van der Waals surface area contributed by atoms with Gasteiger partial charge in [-0.1, -0.05) is 0 Å². The predicted molar refractivity (Wildman–Crippen MR) is 103 cm³/mol. The number of rotatable bonds is 6. The summed E-state index contributed by atoms with van der Waals surface area (Å²) in [7, 11) is -3.55. The van der Waals surface area contributed by atoms with E-state index in [-0.39, 0.29) is 28.8 Å². The molecule has 1 aromatic rings. The SMILES string of the molecule is CC(=O)N1CC[NH+]([C@H](C)C(=O)Nc2ccc(S(=O)(=O)NC(C)C)cc2)CC1. The standard InChI is InChI=1S/C18H28N4O4S/c1-13(2)20-27(25,26)17-7-5-16(6-8-17)19-18(24)14(3)21-9-11-22(12-10-21)15(4)23/h5-8,13-14,20H,9-12H2,1-4H3,(H,19,24)/p+1/t14-/m1/s1. The zero-order valence-corrected chi connectivity index (χ0v) is 17.1. The maximum atomic E-state index is 12.5. The molecule has 27 heavy (non-hydrogen) atoms. The second kappa shape index (κ2) is 8.81. The third-order valence-electron chi connectivity index (χ3n) is 4.68. The fraction of sp³-hybridized carbons (Fsp3) is 0.556. The molecule has 1 aliphatic heterocycles.